The van der Waals surface area contributed by atoms with E-state index in [1.165, 1.54) is 6.26 Å². The van der Waals surface area contributed by atoms with Gasteiger partial charge in [-0.15, -0.1) is 11.3 Å². The molecule has 0 saturated carbocycles. The summed E-state index contributed by atoms with van der Waals surface area (Å²) in [5, 5.41) is 2.02. The fraction of sp³-hybridized carbons (Fsp3) is 0.611. The Morgan fingerprint density at radius 2 is 2.11 bits per heavy atom. The van der Waals surface area contributed by atoms with Crippen molar-refractivity contribution in [3.8, 4) is 0 Å². The Labute approximate surface area is 163 Å². The molecule has 0 aliphatic carbocycles. The molecule has 2 aliphatic heterocycles. The van der Waals surface area contributed by atoms with Gasteiger partial charge in [-0.1, -0.05) is 0 Å². The van der Waals surface area contributed by atoms with E-state index >= 15 is 0 Å². The van der Waals surface area contributed by atoms with Gasteiger partial charge in [0, 0.05) is 37.8 Å². The second-order valence-corrected chi connectivity index (χ2v) is 10.8. The molecule has 7 nitrogen and oxygen atoms in total. The second kappa shape index (κ2) is 7.01. The monoisotopic (exact) mass is 408 g/mol. The number of rotatable bonds is 4. The van der Waals surface area contributed by atoms with Crippen LogP contribution in [-0.4, -0.2) is 66.4 Å². The maximum atomic E-state index is 12.4. The summed E-state index contributed by atoms with van der Waals surface area (Å²) in [5.74, 6) is 0.857. The molecule has 2 aromatic rings. The van der Waals surface area contributed by atoms with Crippen molar-refractivity contribution in [2.45, 2.75) is 37.6 Å². The Morgan fingerprint density at radius 1 is 1.26 bits per heavy atom. The summed E-state index contributed by atoms with van der Waals surface area (Å²) in [6.07, 6.45) is 7.10. The molecule has 1 atom stereocenters. The summed E-state index contributed by atoms with van der Waals surface area (Å²) >= 11 is 1.63. The number of hydrogen-bond acceptors (Lipinski definition) is 7. The number of amides is 1. The number of carbonyl (C=O) groups excluding carboxylic acids is 1. The van der Waals surface area contributed by atoms with E-state index in [0.29, 0.717) is 13.0 Å². The largest absolute Gasteiger partial charge is 0.341 e. The van der Waals surface area contributed by atoms with Crippen LogP contribution in [0.2, 0.25) is 0 Å². The van der Waals surface area contributed by atoms with Crippen molar-refractivity contribution in [2.24, 2.45) is 0 Å². The van der Waals surface area contributed by atoms with Crippen LogP contribution in [0.15, 0.2) is 17.6 Å². The number of likely N-dealkylation sites (tertiary alicyclic amines) is 1. The van der Waals surface area contributed by atoms with E-state index in [1.54, 1.807) is 11.3 Å². The third-order valence-electron chi connectivity index (χ3n) is 5.75. The predicted molar refractivity (Wildman–Crippen MR) is 107 cm³/mol. The van der Waals surface area contributed by atoms with Gasteiger partial charge in [-0.25, -0.2) is 18.4 Å². The van der Waals surface area contributed by atoms with Gasteiger partial charge in [0.05, 0.1) is 22.2 Å². The average molecular weight is 409 g/mol. The van der Waals surface area contributed by atoms with E-state index in [1.807, 2.05) is 22.5 Å². The first-order valence-electron chi connectivity index (χ1n) is 9.30. The van der Waals surface area contributed by atoms with Gasteiger partial charge in [0.1, 0.15) is 9.84 Å². The maximum Gasteiger partial charge on any atom is 0.225 e. The minimum atomic E-state index is -3.09. The van der Waals surface area contributed by atoms with Crippen LogP contribution in [0.3, 0.4) is 0 Å². The Morgan fingerprint density at radius 3 is 2.93 bits per heavy atom. The average Bonchev–Trinajstić information content (AvgIpc) is 3.12. The zero-order valence-corrected chi connectivity index (χ0v) is 17.1. The lowest BCUT2D eigenvalue weighted by atomic mass is 9.88. The van der Waals surface area contributed by atoms with Crippen molar-refractivity contribution in [3.05, 3.63) is 17.6 Å². The van der Waals surface area contributed by atoms with Crippen LogP contribution in [0.1, 0.15) is 32.1 Å². The molecule has 1 unspecified atom stereocenters. The molecule has 2 saturated heterocycles. The molecule has 4 rings (SSSR count). The highest BCUT2D eigenvalue weighted by molar-refractivity contribution is 7.90. The minimum Gasteiger partial charge on any atom is -0.341 e. The number of anilines is 1. The van der Waals surface area contributed by atoms with Crippen LogP contribution in [0, 0.1) is 0 Å². The molecule has 2 aromatic heterocycles. The molecule has 2 aliphatic rings. The highest BCUT2D eigenvalue weighted by Crippen LogP contribution is 2.39. The van der Waals surface area contributed by atoms with Crippen molar-refractivity contribution in [1.29, 1.82) is 0 Å². The van der Waals surface area contributed by atoms with Gasteiger partial charge in [-0.3, -0.25) is 4.79 Å². The van der Waals surface area contributed by atoms with E-state index in [2.05, 4.69) is 14.9 Å². The lowest BCUT2D eigenvalue weighted by Gasteiger charge is -2.38. The third-order valence-corrected chi connectivity index (χ3v) is 7.52. The number of aromatic nitrogens is 2. The van der Waals surface area contributed by atoms with Crippen molar-refractivity contribution in [1.82, 2.24) is 14.9 Å². The Bertz CT molecular complexity index is 958. The van der Waals surface area contributed by atoms with Gasteiger partial charge in [-0.05, 0) is 37.1 Å². The maximum absolute atomic E-state index is 12.4. The van der Waals surface area contributed by atoms with Crippen LogP contribution in [0.5, 0.6) is 0 Å². The van der Waals surface area contributed by atoms with E-state index in [-0.39, 0.29) is 17.2 Å². The minimum absolute atomic E-state index is 0.0299. The predicted octanol–water partition coefficient (Wildman–Crippen LogP) is 2.09. The van der Waals surface area contributed by atoms with E-state index in [0.717, 1.165) is 54.9 Å². The van der Waals surface area contributed by atoms with E-state index in [4.69, 9.17) is 0 Å². The number of carbonyl (C=O) groups is 1. The lowest BCUT2D eigenvalue weighted by Crippen LogP contribution is -2.48. The van der Waals surface area contributed by atoms with Crippen LogP contribution >= 0.6 is 11.3 Å². The molecule has 4 heterocycles. The number of thiophene rings is 1. The van der Waals surface area contributed by atoms with Crippen LogP contribution in [0.25, 0.3) is 10.2 Å². The molecule has 0 radical (unpaired) electrons. The number of sulfone groups is 1. The highest BCUT2D eigenvalue weighted by atomic mass is 32.2. The summed E-state index contributed by atoms with van der Waals surface area (Å²) < 4.78 is 24.3. The van der Waals surface area contributed by atoms with Gasteiger partial charge in [0.2, 0.25) is 11.9 Å². The van der Waals surface area contributed by atoms with Gasteiger partial charge in [0.25, 0.3) is 0 Å². The van der Waals surface area contributed by atoms with Gasteiger partial charge in [-0.2, -0.15) is 0 Å². The van der Waals surface area contributed by atoms with Crippen molar-refractivity contribution >= 4 is 43.2 Å². The molecule has 0 bridgehead atoms. The fourth-order valence-corrected chi connectivity index (χ4v) is 5.51. The third kappa shape index (κ3) is 3.80. The van der Waals surface area contributed by atoms with Crippen LogP contribution in [-0.2, 0) is 14.6 Å². The summed E-state index contributed by atoms with van der Waals surface area (Å²) in [6.45, 7) is 1.93. The normalized spacial score (nSPS) is 24.1. The van der Waals surface area contributed by atoms with E-state index in [9.17, 15) is 13.2 Å². The SMILES string of the molecule is CS(=O)(=O)CCN1C(=O)CCC12CCCN(c1ncc3sccc3n1)CC2. The molecular formula is C18H24N4O3S2. The topological polar surface area (TPSA) is 83.5 Å². The Kier molecular flexibility index (Phi) is 4.84. The highest BCUT2D eigenvalue weighted by Gasteiger charge is 2.45. The van der Waals surface area contributed by atoms with E-state index < -0.39 is 9.84 Å². The number of nitrogens with zero attached hydrogens (tertiary/aromatic N) is 4. The first-order chi connectivity index (χ1) is 12.9. The molecule has 27 heavy (non-hydrogen) atoms. The molecule has 146 valence electrons. The summed E-state index contributed by atoms with van der Waals surface area (Å²) in [6, 6.07) is 2.01. The van der Waals surface area contributed by atoms with Crippen molar-refractivity contribution in [2.75, 3.05) is 36.5 Å². The standard InChI is InChI=1S/C18H24N4O3S2/c1-27(24,25)12-10-22-16(23)3-6-18(22)5-2-8-21(9-7-18)17-19-13-15-14(20-17)4-11-26-15/h4,11,13H,2-3,5-10,12H2,1H3. The second-order valence-electron chi connectivity index (χ2n) is 7.58. The fourth-order valence-electron chi connectivity index (χ4n) is 4.30. The summed E-state index contributed by atoms with van der Waals surface area (Å²) in [4.78, 5) is 25.7. The summed E-state index contributed by atoms with van der Waals surface area (Å²) in [5.41, 5.74) is 0.748. The molecular weight excluding hydrogens is 384 g/mol. The van der Waals surface area contributed by atoms with Gasteiger partial charge >= 0.3 is 0 Å². The molecule has 1 spiro atoms. The first-order valence-corrected chi connectivity index (χ1v) is 12.2. The smallest absolute Gasteiger partial charge is 0.225 e. The number of fused-ring (bicyclic) bond motifs is 1. The van der Waals surface area contributed by atoms with Gasteiger partial charge < -0.3 is 9.80 Å². The van der Waals surface area contributed by atoms with Crippen LogP contribution < -0.4 is 4.90 Å². The molecule has 9 heteroatoms. The molecule has 0 N–H and O–H groups in total. The van der Waals surface area contributed by atoms with Gasteiger partial charge in [0.15, 0.2) is 0 Å². The van der Waals surface area contributed by atoms with Crippen LogP contribution in [0.4, 0.5) is 5.95 Å². The lowest BCUT2D eigenvalue weighted by molar-refractivity contribution is -0.131. The molecule has 2 fully saturated rings. The Balaban J connectivity index is 1.51. The quantitative estimate of drug-likeness (QED) is 0.770. The Hall–Kier alpha value is -1.74. The molecule has 1 amide bonds. The zero-order chi connectivity index (χ0) is 19.1. The van der Waals surface area contributed by atoms with Crippen molar-refractivity contribution in [3.63, 3.8) is 0 Å². The summed E-state index contributed by atoms with van der Waals surface area (Å²) in [7, 11) is -3.09. The van der Waals surface area contributed by atoms with Crippen molar-refractivity contribution < 1.29 is 13.2 Å². The first kappa shape index (κ1) is 18.6. The number of hydrogen-bond donors (Lipinski definition) is 0. The molecule has 0 aromatic carbocycles. The zero-order valence-electron chi connectivity index (χ0n) is 15.4.